The molecule has 2 N–H and O–H groups in total. The van der Waals surface area contributed by atoms with Crippen LogP contribution in [0.2, 0.25) is 0 Å². The SMILES string of the molecule is CCCn1ncnc1CC(=O)C1(N)CCOC1. The summed E-state index contributed by atoms with van der Waals surface area (Å²) in [5.74, 6) is 0.675. The summed E-state index contributed by atoms with van der Waals surface area (Å²) in [6.07, 6.45) is 3.27. The molecule has 1 aliphatic heterocycles. The monoisotopic (exact) mass is 238 g/mol. The van der Waals surface area contributed by atoms with Gasteiger partial charge in [0.2, 0.25) is 0 Å². The summed E-state index contributed by atoms with van der Waals surface area (Å²) in [4.78, 5) is 16.2. The fourth-order valence-electron chi connectivity index (χ4n) is 1.94. The van der Waals surface area contributed by atoms with E-state index in [1.165, 1.54) is 6.33 Å². The van der Waals surface area contributed by atoms with Gasteiger partial charge in [-0.15, -0.1) is 0 Å². The molecule has 0 bridgehead atoms. The number of aromatic nitrogens is 3. The molecule has 6 heteroatoms. The van der Waals surface area contributed by atoms with Crippen molar-refractivity contribution in [1.29, 1.82) is 0 Å². The van der Waals surface area contributed by atoms with Gasteiger partial charge in [0.05, 0.1) is 13.0 Å². The number of hydrogen-bond acceptors (Lipinski definition) is 5. The molecule has 0 aromatic carbocycles. The molecule has 1 aromatic rings. The number of carbonyl (C=O) groups excluding carboxylic acids is 1. The Morgan fingerprint density at radius 2 is 2.53 bits per heavy atom. The van der Waals surface area contributed by atoms with Crippen molar-refractivity contribution in [1.82, 2.24) is 14.8 Å². The summed E-state index contributed by atoms with van der Waals surface area (Å²) in [5, 5.41) is 4.09. The maximum absolute atomic E-state index is 12.1. The van der Waals surface area contributed by atoms with Gasteiger partial charge in [0, 0.05) is 13.2 Å². The van der Waals surface area contributed by atoms with Crippen molar-refractivity contribution < 1.29 is 9.53 Å². The standard InChI is InChI=1S/C11H18N4O2/c1-2-4-15-10(13-8-14-15)6-9(16)11(12)3-5-17-7-11/h8H,2-7,12H2,1H3. The van der Waals surface area contributed by atoms with E-state index in [1.54, 1.807) is 4.68 Å². The molecule has 2 rings (SSSR count). The number of rotatable bonds is 5. The van der Waals surface area contributed by atoms with Crippen molar-refractivity contribution in [2.45, 2.75) is 38.3 Å². The highest BCUT2D eigenvalue weighted by atomic mass is 16.5. The maximum atomic E-state index is 12.1. The number of aryl methyl sites for hydroxylation is 1. The van der Waals surface area contributed by atoms with E-state index < -0.39 is 5.54 Å². The van der Waals surface area contributed by atoms with Gasteiger partial charge in [-0.3, -0.25) is 4.79 Å². The fourth-order valence-corrected chi connectivity index (χ4v) is 1.94. The second-order valence-electron chi connectivity index (χ2n) is 4.46. The van der Waals surface area contributed by atoms with Gasteiger partial charge in [0.25, 0.3) is 0 Å². The molecule has 1 aliphatic rings. The topological polar surface area (TPSA) is 83.0 Å². The molecule has 1 unspecified atom stereocenters. The number of ketones is 1. The van der Waals surface area contributed by atoms with Gasteiger partial charge in [-0.05, 0) is 12.8 Å². The van der Waals surface area contributed by atoms with Gasteiger partial charge in [-0.25, -0.2) is 9.67 Å². The molecule has 1 fully saturated rings. The third-order valence-corrected chi connectivity index (χ3v) is 3.06. The number of nitrogens with zero attached hydrogens (tertiary/aromatic N) is 3. The Morgan fingerprint density at radius 1 is 1.71 bits per heavy atom. The van der Waals surface area contributed by atoms with Crippen LogP contribution in [0.25, 0.3) is 0 Å². The fraction of sp³-hybridized carbons (Fsp3) is 0.727. The molecule has 1 saturated heterocycles. The number of Topliss-reactive ketones (excluding diaryl/α,β-unsaturated/α-hetero) is 1. The van der Waals surface area contributed by atoms with Crippen molar-refractivity contribution in [3.8, 4) is 0 Å². The van der Waals surface area contributed by atoms with Crippen LogP contribution in [0.5, 0.6) is 0 Å². The second kappa shape index (κ2) is 4.93. The van der Waals surface area contributed by atoms with E-state index >= 15 is 0 Å². The summed E-state index contributed by atoms with van der Waals surface area (Å²) >= 11 is 0. The van der Waals surface area contributed by atoms with Crippen LogP contribution >= 0.6 is 0 Å². The third kappa shape index (κ3) is 2.53. The Balaban J connectivity index is 2.04. The summed E-state index contributed by atoms with van der Waals surface area (Å²) in [5.41, 5.74) is 5.18. The molecular formula is C11H18N4O2. The maximum Gasteiger partial charge on any atom is 0.162 e. The Bertz CT molecular complexity index is 396. The van der Waals surface area contributed by atoms with Crippen molar-refractivity contribution in [2.75, 3.05) is 13.2 Å². The second-order valence-corrected chi connectivity index (χ2v) is 4.46. The highest BCUT2D eigenvalue weighted by molar-refractivity contribution is 5.89. The number of nitrogens with two attached hydrogens (primary N) is 1. The molecule has 2 heterocycles. The molecule has 6 nitrogen and oxygen atoms in total. The van der Waals surface area contributed by atoms with Gasteiger partial charge < -0.3 is 10.5 Å². The predicted molar refractivity (Wildman–Crippen MR) is 61.4 cm³/mol. The van der Waals surface area contributed by atoms with Crippen LogP contribution in [0.15, 0.2) is 6.33 Å². The lowest BCUT2D eigenvalue weighted by Crippen LogP contribution is -2.49. The highest BCUT2D eigenvalue weighted by Crippen LogP contribution is 2.18. The minimum atomic E-state index is -0.830. The molecule has 0 spiro atoms. The van der Waals surface area contributed by atoms with Crippen LogP contribution in [0.4, 0.5) is 0 Å². The Hall–Kier alpha value is -1.27. The first kappa shape index (κ1) is 12.2. The highest BCUT2D eigenvalue weighted by Gasteiger charge is 2.38. The lowest BCUT2D eigenvalue weighted by Gasteiger charge is -2.19. The first-order valence-electron chi connectivity index (χ1n) is 5.92. The molecule has 1 aromatic heterocycles. The molecule has 0 saturated carbocycles. The molecular weight excluding hydrogens is 220 g/mol. The summed E-state index contributed by atoms with van der Waals surface area (Å²) in [6, 6.07) is 0. The van der Waals surface area contributed by atoms with Crippen LogP contribution in [-0.2, 0) is 22.5 Å². The van der Waals surface area contributed by atoms with Crippen LogP contribution in [-0.4, -0.2) is 39.3 Å². The van der Waals surface area contributed by atoms with Gasteiger partial charge >= 0.3 is 0 Å². The number of hydrogen-bond donors (Lipinski definition) is 1. The molecule has 0 aliphatic carbocycles. The molecule has 94 valence electrons. The van der Waals surface area contributed by atoms with E-state index in [-0.39, 0.29) is 12.2 Å². The van der Waals surface area contributed by atoms with Crippen molar-refractivity contribution in [3.63, 3.8) is 0 Å². The minimum Gasteiger partial charge on any atom is -0.379 e. The zero-order chi connectivity index (χ0) is 12.3. The van der Waals surface area contributed by atoms with Crippen molar-refractivity contribution in [3.05, 3.63) is 12.2 Å². The Kier molecular flexibility index (Phi) is 3.54. The van der Waals surface area contributed by atoms with Crippen LogP contribution in [0, 0.1) is 0 Å². The van der Waals surface area contributed by atoms with Crippen LogP contribution in [0.1, 0.15) is 25.6 Å². The molecule has 1 atom stereocenters. The zero-order valence-electron chi connectivity index (χ0n) is 10.1. The largest absolute Gasteiger partial charge is 0.379 e. The normalized spacial score (nSPS) is 24.1. The van der Waals surface area contributed by atoms with Gasteiger partial charge in [0.1, 0.15) is 17.7 Å². The van der Waals surface area contributed by atoms with E-state index in [0.717, 1.165) is 13.0 Å². The van der Waals surface area contributed by atoms with Gasteiger partial charge in [-0.1, -0.05) is 6.92 Å². The first-order valence-corrected chi connectivity index (χ1v) is 5.92. The summed E-state index contributed by atoms with van der Waals surface area (Å²) in [7, 11) is 0. The van der Waals surface area contributed by atoms with E-state index in [2.05, 4.69) is 17.0 Å². The zero-order valence-corrected chi connectivity index (χ0v) is 10.1. The molecule has 0 radical (unpaired) electrons. The average molecular weight is 238 g/mol. The summed E-state index contributed by atoms with van der Waals surface area (Å²) < 4.78 is 6.95. The molecule has 17 heavy (non-hydrogen) atoms. The van der Waals surface area contributed by atoms with Crippen molar-refractivity contribution in [2.24, 2.45) is 5.73 Å². The first-order chi connectivity index (χ1) is 8.15. The van der Waals surface area contributed by atoms with Gasteiger partial charge in [0.15, 0.2) is 5.78 Å². The van der Waals surface area contributed by atoms with E-state index in [0.29, 0.717) is 25.5 Å². The lowest BCUT2D eigenvalue weighted by atomic mass is 9.92. The quantitative estimate of drug-likeness (QED) is 0.775. The molecule has 0 amide bonds. The van der Waals surface area contributed by atoms with Crippen LogP contribution < -0.4 is 5.73 Å². The predicted octanol–water partition coefficient (Wildman–Crippen LogP) is -0.0825. The smallest absolute Gasteiger partial charge is 0.162 e. The van der Waals surface area contributed by atoms with E-state index in [1.807, 2.05) is 0 Å². The van der Waals surface area contributed by atoms with E-state index in [9.17, 15) is 4.79 Å². The van der Waals surface area contributed by atoms with Gasteiger partial charge in [-0.2, -0.15) is 5.10 Å². The summed E-state index contributed by atoms with van der Waals surface area (Å²) in [6.45, 7) is 3.71. The Morgan fingerprint density at radius 3 is 3.18 bits per heavy atom. The lowest BCUT2D eigenvalue weighted by molar-refractivity contribution is -0.123. The third-order valence-electron chi connectivity index (χ3n) is 3.06. The van der Waals surface area contributed by atoms with Crippen LogP contribution in [0.3, 0.4) is 0 Å². The number of carbonyl (C=O) groups is 1. The number of ether oxygens (including phenoxy) is 1. The minimum absolute atomic E-state index is 0.0136. The van der Waals surface area contributed by atoms with Crippen molar-refractivity contribution >= 4 is 5.78 Å². The Labute approximate surface area is 100 Å². The van der Waals surface area contributed by atoms with E-state index in [4.69, 9.17) is 10.5 Å². The average Bonchev–Trinajstić information content (AvgIpc) is 2.90.